The Hall–Kier alpha value is -4.01. The molecule has 39 heavy (non-hydrogen) atoms. The first kappa shape index (κ1) is 25.3. The second-order valence-electron chi connectivity index (χ2n) is 9.69. The summed E-state index contributed by atoms with van der Waals surface area (Å²) < 4.78 is 1.92. The molecule has 5 aromatic rings. The van der Waals surface area contributed by atoms with E-state index in [1.54, 1.807) is 23.1 Å². The van der Waals surface area contributed by atoms with Gasteiger partial charge >= 0.3 is 6.03 Å². The molecule has 0 atom stereocenters. The number of benzene rings is 3. The molecule has 1 aliphatic heterocycles. The molecule has 0 saturated carbocycles. The minimum Gasteiger partial charge on any atom is -0.368 e. The summed E-state index contributed by atoms with van der Waals surface area (Å²) in [7, 11) is 0. The lowest BCUT2D eigenvalue weighted by Crippen LogP contribution is -2.50. The second-order valence-corrected chi connectivity index (χ2v) is 10.5. The van der Waals surface area contributed by atoms with Crippen LogP contribution < -0.4 is 10.2 Å². The lowest BCUT2D eigenvalue weighted by Gasteiger charge is -2.36. The Labute approximate surface area is 236 Å². The van der Waals surface area contributed by atoms with Crippen LogP contribution in [0.25, 0.3) is 22.6 Å². The van der Waals surface area contributed by atoms with Gasteiger partial charge in [-0.3, -0.25) is 0 Å². The van der Waals surface area contributed by atoms with Crippen molar-refractivity contribution in [2.24, 2.45) is 0 Å². The number of nitrogens with zero attached hydrogens (tertiary/aromatic N) is 5. The molecule has 1 aliphatic rings. The number of fused-ring (bicyclic) bond motifs is 1. The summed E-state index contributed by atoms with van der Waals surface area (Å²) in [6.45, 7) is 5.45. The van der Waals surface area contributed by atoms with Crippen molar-refractivity contribution in [3.8, 4) is 11.4 Å². The van der Waals surface area contributed by atoms with Crippen molar-refractivity contribution >= 4 is 51.8 Å². The molecule has 0 unspecified atom stereocenters. The molecule has 3 aromatic carbocycles. The summed E-state index contributed by atoms with van der Waals surface area (Å²) in [6.07, 6.45) is 1.82. The number of anilines is 2. The van der Waals surface area contributed by atoms with Crippen molar-refractivity contribution in [2.45, 2.75) is 13.5 Å². The van der Waals surface area contributed by atoms with Gasteiger partial charge in [-0.05, 0) is 55.0 Å². The monoisotopic (exact) mass is 559 g/mol. The molecule has 0 spiro atoms. The third-order valence-electron chi connectivity index (χ3n) is 6.98. The highest BCUT2D eigenvalue weighted by Gasteiger charge is 2.22. The number of carbonyl (C=O) groups excluding carboxylic acids is 1. The molecule has 0 radical (unpaired) electrons. The number of hydrogen-bond acceptors (Lipinski definition) is 4. The van der Waals surface area contributed by atoms with Gasteiger partial charge in [0, 0.05) is 42.5 Å². The summed E-state index contributed by atoms with van der Waals surface area (Å²) in [5.74, 6) is 0.814. The van der Waals surface area contributed by atoms with Crippen molar-refractivity contribution in [1.29, 1.82) is 0 Å². The van der Waals surface area contributed by atoms with Crippen molar-refractivity contribution < 1.29 is 4.79 Å². The summed E-state index contributed by atoms with van der Waals surface area (Å²) in [5.41, 5.74) is 6.85. The summed E-state index contributed by atoms with van der Waals surface area (Å²) >= 11 is 12.1. The molecule has 1 fully saturated rings. The molecule has 0 aliphatic carbocycles. The van der Waals surface area contributed by atoms with Gasteiger partial charge in [0.2, 0.25) is 0 Å². The van der Waals surface area contributed by atoms with E-state index in [1.165, 1.54) is 11.1 Å². The molecule has 2 aromatic heterocycles. The number of piperazine rings is 1. The van der Waals surface area contributed by atoms with Crippen molar-refractivity contribution in [3.63, 3.8) is 0 Å². The summed E-state index contributed by atoms with van der Waals surface area (Å²) in [4.78, 5) is 25.0. The average Bonchev–Trinajstić information content (AvgIpc) is 3.54. The van der Waals surface area contributed by atoms with E-state index in [1.807, 2.05) is 10.9 Å². The number of aryl methyl sites for hydroxylation is 1. The van der Waals surface area contributed by atoms with E-state index in [9.17, 15) is 4.79 Å². The SMILES string of the molecule is Cc1ccc(Cn2ncc3[nH]c(-c4ccc(N5CCN(C(=O)Nc6ccc(Cl)cc6Cl)CC5)cc4)nc32)cc1. The number of H-pyrrole nitrogens is 1. The highest BCUT2D eigenvalue weighted by Crippen LogP contribution is 2.27. The Morgan fingerprint density at radius 3 is 2.44 bits per heavy atom. The molecule has 0 bridgehead atoms. The van der Waals surface area contributed by atoms with Crippen molar-refractivity contribution in [3.05, 3.63) is 94.1 Å². The zero-order chi connectivity index (χ0) is 26.9. The number of carbonyl (C=O) groups is 1. The van der Waals surface area contributed by atoms with Gasteiger partial charge in [-0.15, -0.1) is 0 Å². The second kappa shape index (κ2) is 10.6. The third-order valence-corrected chi connectivity index (χ3v) is 7.53. The normalized spacial score (nSPS) is 13.7. The minimum atomic E-state index is -0.167. The zero-order valence-corrected chi connectivity index (χ0v) is 22.9. The van der Waals surface area contributed by atoms with E-state index in [4.69, 9.17) is 28.2 Å². The van der Waals surface area contributed by atoms with Crippen LogP contribution in [0.4, 0.5) is 16.2 Å². The summed E-state index contributed by atoms with van der Waals surface area (Å²) in [5, 5.41) is 8.33. The van der Waals surface area contributed by atoms with Gasteiger partial charge in [0.1, 0.15) is 11.3 Å². The van der Waals surface area contributed by atoms with Gasteiger partial charge < -0.3 is 20.1 Å². The Kier molecular flexibility index (Phi) is 6.89. The third kappa shape index (κ3) is 5.44. The van der Waals surface area contributed by atoms with E-state index in [0.717, 1.165) is 41.3 Å². The van der Waals surface area contributed by atoms with E-state index >= 15 is 0 Å². The quantitative estimate of drug-likeness (QED) is 0.259. The first-order valence-electron chi connectivity index (χ1n) is 12.8. The molecule has 2 amide bonds. The zero-order valence-electron chi connectivity index (χ0n) is 21.4. The number of amides is 2. The predicted octanol–water partition coefficient (Wildman–Crippen LogP) is 6.44. The standard InChI is InChI=1S/C29H27Cl2N7O/c1-19-2-4-20(5-3-19)18-38-28-26(17-32-38)33-27(35-28)21-6-9-23(10-7-21)36-12-14-37(15-13-36)29(39)34-25-11-8-22(30)16-24(25)31/h2-11,16-17H,12-15,18H2,1H3,(H,33,35)(H,34,39). The van der Waals surface area contributed by atoms with Gasteiger partial charge in [0.15, 0.2) is 5.65 Å². The van der Waals surface area contributed by atoms with Crippen LogP contribution in [-0.2, 0) is 6.54 Å². The van der Waals surface area contributed by atoms with Crippen LogP contribution in [-0.4, -0.2) is 56.9 Å². The molecule has 1 saturated heterocycles. The molecule has 198 valence electrons. The maximum absolute atomic E-state index is 12.7. The average molecular weight is 560 g/mol. The number of aromatic nitrogens is 4. The largest absolute Gasteiger partial charge is 0.368 e. The number of aromatic amines is 1. The Balaban J connectivity index is 1.08. The van der Waals surface area contributed by atoms with Gasteiger partial charge in [0.05, 0.1) is 23.5 Å². The van der Waals surface area contributed by atoms with Crippen LogP contribution >= 0.6 is 23.2 Å². The van der Waals surface area contributed by atoms with Gasteiger partial charge in [-0.2, -0.15) is 5.10 Å². The predicted molar refractivity (Wildman–Crippen MR) is 157 cm³/mol. The van der Waals surface area contributed by atoms with Gasteiger partial charge in [-0.25, -0.2) is 14.5 Å². The molecule has 10 heteroatoms. The number of halogens is 2. The first-order chi connectivity index (χ1) is 18.9. The smallest absolute Gasteiger partial charge is 0.322 e. The van der Waals surface area contributed by atoms with E-state index < -0.39 is 0 Å². The minimum absolute atomic E-state index is 0.167. The Bertz CT molecular complexity index is 1620. The lowest BCUT2D eigenvalue weighted by molar-refractivity contribution is 0.208. The Morgan fingerprint density at radius 2 is 1.72 bits per heavy atom. The molecular formula is C29H27Cl2N7O. The number of nitrogens with one attached hydrogen (secondary N) is 2. The molecule has 2 N–H and O–H groups in total. The fourth-order valence-corrected chi connectivity index (χ4v) is 5.20. The van der Waals surface area contributed by atoms with Crippen molar-refractivity contribution in [1.82, 2.24) is 24.6 Å². The number of imidazole rings is 1. The van der Waals surface area contributed by atoms with Gasteiger partial charge in [0.25, 0.3) is 0 Å². The van der Waals surface area contributed by atoms with E-state index in [-0.39, 0.29) is 6.03 Å². The van der Waals surface area contributed by atoms with Gasteiger partial charge in [-0.1, -0.05) is 53.0 Å². The highest BCUT2D eigenvalue weighted by atomic mass is 35.5. The lowest BCUT2D eigenvalue weighted by atomic mass is 10.1. The van der Waals surface area contributed by atoms with E-state index in [0.29, 0.717) is 35.4 Å². The van der Waals surface area contributed by atoms with Crippen LogP contribution in [0.3, 0.4) is 0 Å². The Morgan fingerprint density at radius 1 is 0.974 bits per heavy atom. The number of rotatable bonds is 5. The van der Waals surface area contributed by atoms with E-state index in [2.05, 4.69) is 75.8 Å². The van der Waals surface area contributed by atoms with Crippen LogP contribution in [0.5, 0.6) is 0 Å². The molecule has 6 rings (SSSR count). The molecule has 3 heterocycles. The number of hydrogen-bond donors (Lipinski definition) is 2. The topological polar surface area (TPSA) is 82.1 Å². The molecular weight excluding hydrogens is 533 g/mol. The molecule has 8 nitrogen and oxygen atoms in total. The summed E-state index contributed by atoms with van der Waals surface area (Å²) in [6, 6.07) is 21.7. The van der Waals surface area contributed by atoms with Crippen LogP contribution in [0.2, 0.25) is 10.0 Å². The van der Waals surface area contributed by atoms with Crippen LogP contribution in [0.1, 0.15) is 11.1 Å². The highest BCUT2D eigenvalue weighted by molar-refractivity contribution is 6.36. The maximum atomic E-state index is 12.7. The number of urea groups is 1. The fourth-order valence-electron chi connectivity index (χ4n) is 4.75. The van der Waals surface area contributed by atoms with Crippen LogP contribution in [0.15, 0.2) is 72.9 Å². The first-order valence-corrected chi connectivity index (χ1v) is 13.5. The van der Waals surface area contributed by atoms with Crippen molar-refractivity contribution in [2.75, 3.05) is 36.4 Å². The van der Waals surface area contributed by atoms with Crippen LogP contribution in [0, 0.1) is 6.92 Å². The maximum Gasteiger partial charge on any atom is 0.322 e. The fraction of sp³-hybridized carbons (Fsp3) is 0.207.